The highest BCUT2D eigenvalue weighted by molar-refractivity contribution is 5.98. The molecule has 0 radical (unpaired) electrons. The van der Waals surface area contributed by atoms with Gasteiger partial charge in [-0.05, 0) is 36.6 Å². The zero-order chi connectivity index (χ0) is 15.3. The first-order chi connectivity index (χ1) is 9.40. The third-order valence-corrected chi connectivity index (χ3v) is 3.44. The van der Waals surface area contributed by atoms with Gasteiger partial charge >= 0.3 is 5.97 Å². The molecule has 0 saturated heterocycles. The van der Waals surface area contributed by atoms with Gasteiger partial charge in [-0.3, -0.25) is 4.79 Å². The topological polar surface area (TPSA) is 75.6 Å². The first-order valence-corrected chi connectivity index (χ1v) is 6.59. The van der Waals surface area contributed by atoms with Gasteiger partial charge in [0.05, 0.1) is 7.11 Å². The number of methoxy groups -OCH3 is 1. The van der Waals surface area contributed by atoms with Crippen molar-refractivity contribution in [3.05, 3.63) is 29.3 Å². The van der Waals surface area contributed by atoms with Gasteiger partial charge in [0.2, 0.25) is 0 Å². The molecule has 1 rings (SSSR count). The lowest BCUT2D eigenvalue weighted by Crippen LogP contribution is -2.45. The second kappa shape index (κ2) is 6.93. The van der Waals surface area contributed by atoms with Crippen molar-refractivity contribution in [3.8, 4) is 5.75 Å². The number of carbonyl (C=O) groups is 2. The van der Waals surface area contributed by atoms with Gasteiger partial charge in [-0.2, -0.15) is 0 Å². The molecular weight excluding hydrogens is 258 g/mol. The van der Waals surface area contributed by atoms with Crippen LogP contribution in [0.4, 0.5) is 0 Å². The number of nitrogens with one attached hydrogen (secondary N) is 1. The number of hydrogen-bond acceptors (Lipinski definition) is 3. The molecule has 0 aliphatic heterocycles. The molecule has 5 nitrogen and oxygen atoms in total. The number of amides is 1. The number of aryl methyl sites for hydroxylation is 1. The summed E-state index contributed by atoms with van der Waals surface area (Å²) in [6.45, 7) is 5.49. The Bertz CT molecular complexity index is 499. The number of ether oxygens (including phenoxy) is 1. The predicted octanol–water partition coefficient (Wildman–Crippen LogP) is 2.23. The van der Waals surface area contributed by atoms with Crippen molar-refractivity contribution in [1.82, 2.24) is 5.32 Å². The Balaban J connectivity index is 2.92. The Hall–Kier alpha value is -2.04. The lowest BCUT2D eigenvalue weighted by molar-refractivity contribution is -0.140. The minimum Gasteiger partial charge on any atom is -0.497 e. The van der Waals surface area contributed by atoms with Crippen LogP contribution in [0.1, 0.15) is 36.2 Å². The molecule has 1 aromatic rings. The van der Waals surface area contributed by atoms with Gasteiger partial charge in [-0.25, -0.2) is 4.79 Å². The minimum atomic E-state index is -1.01. The van der Waals surface area contributed by atoms with Crippen molar-refractivity contribution in [2.24, 2.45) is 5.92 Å². The van der Waals surface area contributed by atoms with Crippen LogP contribution in [0.3, 0.4) is 0 Å². The van der Waals surface area contributed by atoms with Crippen molar-refractivity contribution in [2.45, 2.75) is 33.2 Å². The summed E-state index contributed by atoms with van der Waals surface area (Å²) in [6.07, 6.45) is 0.679. The maximum atomic E-state index is 12.2. The number of carbonyl (C=O) groups excluding carboxylic acids is 1. The summed E-state index contributed by atoms with van der Waals surface area (Å²) >= 11 is 0. The molecule has 0 bridgehead atoms. The molecule has 0 aromatic heterocycles. The molecule has 2 N–H and O–H groups in total. The van der Waals surface area contributed by atoms with Crippen LogP contribution >= 0.6 is 0 Å². The second-order valence-corrected chi connectivity index (χ2v) is 4.86. The quantitative estimate of drug-likeness (QED) is 0.837. The fraction of sp³-hybridized carbons (Fsp3) is 0.467. The Morgan fingerprint density at radius 2 is 2.05 bits per heavy atom. The summed E-state index contributed by atoms with van der Waals surface area (Å²) in [5, 5.41) is 11.8. The van der Waals surface area contributed by atoms with Gasteiger partial charge in [-0.15, -0.1) is 0 Å². The maximum absolute atomic E-state index is 12.2. The lowest BCUT2D eigenvalue weighted by atomic mass is 9.98. The minimum absolute atomic E-state index is 0.130. The first-order valence-electron chi connectivity index (χ1n) is 6.59. The van der Waals surface area contributed by atoms with Crippen molar-refractivity contribution < 1.29 is 19.4 Å². The molecule has 0 heterocycles. The molecule has 0 spiro atoms. The molecule has 0 fully saturated rings. The monoisotopic (exact) mass is 279 g/mol. The standard InChI is InChI=1S/C15H21NO4/c1-5-9(2)13(15(18)19)16-14(17)12-7-6-11(20-4)8-10(12)3/h6-9,13H,5H2,1-4H3,(H,16,17)(H,18,19)/t9-,13-/m0/s1. The van der Waals surface area contributed by atoms with Crippen molar-refractivity contribution in [2.75, 3.05) is 7.11 Å². The fourth-order valence-electron chi connectivity index (χ4n) is 1.92. The SMILES string of the molecule is CC[C@H](C)[C@H](NC(=O)c1ccc(OC)cc1C)C(=O)O. The highest BCUT2D eigenvalue weighted by Gasteiger charge is 2.26. The van der Waals surface area contributed by atoms with E-state index in [-0.39, 0.29) is 11.8 Å². The van der Waals surface area contributed by atoms with Crippen LogP contribution < -0.4 is 10.1 Å². The number of carboxylic acids is 1. The smallest absolute Gasteiger partial charge is 0.326 e. The first kappa shape index (κ1) is 16.0. The molecule has 0 saturated carbocycles. The lowest BCUT2D eigenvalue weighted by Gasteiger charge is -2.20. The summed E-state index contributed by atoms with van der Waals surface area (Å²) in [6, 6.07) is 4.18. The number of benzene rings is 1. The van der Waals surface area contributed by atoms with E-state index >= 15 is 0 Å². The van der Waals surface area contributed by atoms with Crippen LogP contribution in [-0.4, -0.2) is 30.1 Å². The molecule has 0 aliphatic carbocycles. The van der Waals surface area contributed by atoms with Gasteiger partial charge in [0.1, 0.15) is 11.8 Å². The molecule has 1 amide bonds. The number of rotatable bonds is 6. The largest absolute Gasteiger partial charge is 0.497 e. The highest BCUT2D eigenvalue weighted by atomic mass is 16.5. The Labute approximate surface area is 118 Å². The number of carboxylic acid groups (broad SMARTS) is 1. The normalized spacial score (nSPS) is 13.4. The van der Waals surface area contributed by atoms with E-state index in [4.69, 9.17) is 4.74 Å². The molecule has 5 heteroatoms. The average Bonchev–Trinajstić information content (AvgIpc) is 2.43. The van der Waals surface area contributed by atoms with E-state index in [1.54, 1.807) is 39.2 Å². The summed E-state index contributed by atoms with van der Waals surface area (Å²) in [7, 11) is 1.55. The van der Waals surface area contributed by atoms with Gasteiger partial charge in [0.15, 0.2) is 0 Å². The number of aliphatic carboxylic acids is 1. The summed E-state index contributed by atoms with van der Waals surface area (Å²) in [5.74, 6) is -0.859. The summed E-state index contributed by atoms with van der Waals surface area (Å²) in [4.78, 5) is 23.4. The third kappa shape index (κ3) is 3.73. The molecule has 0 aliphatic rings. The Morgan fingerprint density at radius 3 is 2.50 bits per heavy atom. The highest BCUT2D eigenvalue weighted by Crippen LogP contribution is 2.17. The van der Waals surface area contributed by atoms with E-state index in [9.17, 15) is 14.7 Å². The van der Waals surface area contributed by atoms with Crippen LogP contribution in [0.15, 0.2) is 18.2 Å². The van der Waals surface area contributed by atoms with Crippen LogP contribution in [0.2, 0.25) is 0 Å². The van der Waals surface area contributed by atoms with Crippen LogP contribution in [-0.2, 0) is 4.79 Å². The summed E-state index contributed by atoms with van der Waals surface area (Å²) < 4.78 is 5.08. The zero-order valence-electron chi connectivity index (χ0n) is 12.3. The van der Waals surface area contributed by atoms with E-state index in [1.807, 2.05) is 6.92 Å². The average molecular weight is 279 g/mol. The van der Waals surface area contributed by atoms with Crippen molar-refractivity contribution >= 4 is 11.9 Å². The van der Waals surface area contributed by atoms with E-state index in [0.29, 0.717) is 17.7 Å². The fourth-order valence-corrected chi connectivity index (χ4v) is 1.92. The van der Waals surface area contributed by atoms with Gasteiger partial charge in [0.25, 0.3) is 5.91 Å². The van der Waals surface area contributed by atoms with E-state index < -0.39 is 12.0 Å². The van der Waals surface area contributed by atoms with Gasteiger partial charge < -0.3 is 15.2 Å². The summed E-state index contributed by atoms with van der Waals surface area (Å²) in [5.41, 5.74) is 1.20. The maximum Gasteiger partial charge on any atom is 0.326 e. The van der Waals surface area contributed by atoms with Crippen LogP contribution in [0.25, 0.3) is 0 Å². The second-order valence-electron chi connectivity index (χ2n) is 4.86. The van der Waals surface area contributed by atoms with Crippen molar-refractivity contribution in [3.63, 3.8) is 0 Å². The molecule has 20 heavy (non-hydrogen) atoms. The molecule has 110 valence electrons. The van der Waals surface area contributed by atoms with E-state index in [2.05, 4.69) is 5.32 Å². The molecule has 1 aromatic carbocycles. The van der Waals surface area contributed by atoms with Crippen LogP contribution in [0, 0.1) is 12.8 Å². The van der Waals surface area contributed by atoms with E-state index in [0.717, 1.165) is 5.56 Å². The van der Waals surface area contributed by atoms with Crippen LogP contribution in [0.5, 0.6) is 5.75 Å². The van der Waals surface area contributed by atoms with E-state index in [1.165, 1.54) is 0 Å². The molecular formula is C15H21NO4. The number of hydrogen-bond donors (Lipinski definition) is 2. The van der Waals surface area contributed by atoms with Gasteiger partial charge in [-0.1, -0.05) is 20.3 Å². The molecule has 0 unspecified atom stereocenters. The van der Waals surface area contributed by atoms with Crippen molar-refractivity contribution in [1.29, 1.82) is 0 Å². The molecule has 2 atom stereocenters. The Kier molecular flexibility index (Phi) is 5.55. The Morgan fingerprint density at radius 1 is 1.40 bits per heavy atom. The third-order valence-electron chi connectivity index (χ3n) is 3.44. The predicted molar refractivity (Wildman–Crippen MR) is 76.1 cm³/mol. The zero-order valence-corrected chi connectivity index (χ0v) is 12.3. The van der Waals surface area contributed by atoms with Gasteiger partial charge in [0, 0.05) is 5.56 Å².